The summed E-state index contributed by atoms with van der Waals surface area (Å²) in [5.74, 6) is 2.25. The highest BCUT2D eigenvalue weighted by Crippen LogP contribution is 2.72. The molecule has 23 heavy (non-hydrogen) atoms. The number of rotatable bonds is 4. The van der Waals surface area contributed by atoms with Gasteiger partial charge in [-0.3, -0.25) is 0 Å². The van der Waals surface area contributed by atoms with Crippen molar-refractivity contribution in [1.29, 1.82) is 0 Å². The van der Waals surface area contributed by atoms with E-state index in [-0.39, 0.29) is 18.0 Å². The van der Waals surface area contributed by atoms with Gasteiger partial charge in [0.15, 0.2) is 6.29 Å². The molecule has 3 nitrogen and oxygen atoms in total. The Morgan fingerprint density at radius 3 is 2.09 bits per heavy atom. The van der Waals surface area contributed by atoms with E-state index in [4.69, 9.17) is 14.2 Å². The summed E-state index contributed by atoms with van der Waals surface area (Å²) in [7, 11) is 0. The first-order valence-electron chi connectivity index (χ1n) is 9.77. The van der Waals surface area contributed by atoms with E-state index in [0.29, 0.717) is 29.3 Å². The lowest BCUT2D eigenvalue weighted by Crippen LogP contribution is -2.78. The molecular formula is C20H34O3. The molecule has 0 radical (unpaired) electrons. The lowest BCUT2D eigenvalue weighted by atomic mass is 9.38. The van der Waals surface area contributed by atoms with Crippen molar-refractivity contribution < 1.29 is 14.2 Å². The average molecular weight is 322 g/mol. The van der Waals surface area contributed by atoms with Crippen LogP contribution >= 0.6 is 0 Å². The Hall–Kier alpha value is -0.120. The van der Waals surface area contributed by atoms with E-state index in [9.17, 15) is 0 Å². The van der Waals surface area contributed by atoms with E-state index < -0.39 is 0 Å². The minimum atomic E-state index is -0.136. The fraction of sp³-hybridized carbons (Fsp3) is 1.00. The van der Waals surface area contributed by atoms with Gasteiger partial charge in [0, 0.05) is 13.2 Å². The molecule has 4 aliphatic carbocycles. The third-order valence-electron chi connectivity index (χ3n) is 7.75. The van der Waals surface area contributed by atoms with Gasteiger partial charge in [0.2, 0.25) is 0 Å². The van der Waals surface area contributed by atoms with Crippen molar-refractivity contribution in [3.05, 3.63) is 0 Å². The molecule has 0 N–H and O–H groups in total. The third kappa shape index (κ3) is 2.05. The van der Waals surface area contributed by atoms with Gasteiger partial charge in [-0.2, -0.15) is 0 Å². The molecular weight excluding hydrogens is 288 g/mol. The van der Waals surface area contributed by atoms with Crippen LogP contribution in [0, 0.1) is 28.6 Å². The van der Waals surface area contributed by atoms with Crippen LogP contribution in [0.15, 0.2) is 0 Å². The summed E-state index contributed by atoms with van der Waals surface area (Å²) in [4.78, 5) is 0. The minimum Gasteiger partial charge on any atom is -0.370 e. The molecule has 4 bridgehead atoms. The molecule has 5 rings (SSSR count). The van der Waals surface area contributed by atoms with Crippen LogP contribution in [-0.4, -0.2) is 31.2 Å². The topological polar surface area (TPSA) is 27.7 Å². The predicted molar refractivity (Wildman–Crippen MR) is 90.1 cm³/mol. The Morgan fingerprint density at radius 2 is 1.57 bits per heavy atom. The first-order chi connectivity index (χ1) is 10.9. The molecule has 0 aromatic carbocycles. The first-order valence-corrected chi connectivity index (χ1v) is 9.77. The largest absolute Gasteiger partial charge is 0.370 e. The summed E-state index contributed by atoms with van der Waals surface area (Å²) >= 11 is 0. The first kappa shape index (κ1) is 16.4. The van der Waals surface area contributed by atoms with E-state index >= 15 is 0 Å². The van der Waals surface area contributed by atoms with Crippen LogP contribution in [0.2, 0.25) is 0 Å². The minimum absolute atomic E-state index is 0.0402. The van der Waals surface area contributed by atoms with Crippen LogP contribution in [0.5, 0.6) is 0 Å². The molecule has 5 fully saturated rings. The van der Waals surface area contributed by atoms with Crippen molar-refractivity contribution in [2.24, 2.45) is 28.6 Å². The molecule has 5 aliphatic rings. The van der Waals surface area contributed by atoms with Crippen molar-refractivity contribution in [3.63, 3.8) is 0 Å². The highest BCUT2D eigenvalue weighted by atomic mass is 16.7. The molecule has 1 aliphatic heterocycles. The molecule has 1 heterocycles. The molecule has 3 heteroatoms. The van der Waals surface area contributed by atoms with Gasteiger partial charge in [-0.05, 0) is 74.5 Å². The standard InChI is InChI=1S/C20H34O3/c1-6-21-16-17(22-7-2)23-20(16)14-8-13-9-15(20)12-19(10-13,11-14)18(3,4)5/h13-17H,6-12H2,1-5H3/t13?,14-,15+,16-,17-,19?,20?/m1/s1. The maximum atomic E-state index is 6.52. The SMILES string of the molecule is CCO[C@@H]1OC2([C@@H]3CC4C[C@H]2CC(C(C)(C)C)(C4)C3)[C@@H]1OCC. The molecule has 7 atom stereocenters. The van der Waals surface area contributed by atoms with E-state index in [0.717, 1.165) is 12.5 Å². The van der Waals surface area contributed by atoms with Crippen molar-refractivity contribution in [2.45, 2.75) is 84.7 Å². The Kier molecular flexibility index (Phi) is 3.69. The maximum Gasteiger partial charge on any atom is 0.187 e. The second kappa shape index (κ2) is 5.19. The van der Waals surface area contributed by atoms with Crippen LogP contribution in [0.25, 0.3) is 0 Å². The highest BCUT2D eigenvalue weighted by Gasteiger charge is 2.73. The summed E-state index contributed by atoms with van der Waals surface area (Å²) in [6, 6.07) is 0. The summed E-state index contributed by atoms with van der Waals surface area (Å²) in [6.07, 6.45) is 6.79. The maximum absolute atomic E-state index is 6.52. The smallest absolute Gasteiger partial charge is 0.187 e. The van der Waals surface area contributed by atoms with Crippen molar-refractivity contribution in [3.8, 4) is 0 Å². The fourth-order valence-corrected chi connectivity index (χ4v) is 6.72. The van der Waals surface area contributed by atoms with Crippen molar-refractivity contribution in [1.82, 2.24) is 0 Å². The van der Waals surface area contributed by atoms with Gasteiger partial charge in [-0.1, -0.05) is 20.8 Å². The molecule has 1 saturated heterocycles. The lowest BCUT2D eigenvalue weighted by Gasteiger charge is -2.73. The second-order valence-electron chi connectivity index (χ2n) is 9.55. The van der Waals surface area contributed by atoms with Crippen LogP contribution in [0.4, 0.5) is 0 Å². The Labute approximate surface area is 141 Å². The number of hydrogen-bond acceptors (Lipinski definition) is 3. The van der Waals surface area contributed by atoms with Gasteiger partial charge >= 0.3 is 0 Å². The summed E-state index contributed by atoms with van der Waals surface area (Å²) < 4.78 is 18.5. The number of hydrogen-bond donors (Lipinski definition) is 0. The molecule has 0 aromatic heterocycles. The van der Waals surface area contributed by atoms with E-state index in [1.165, 1.54) is 32.1 Å². The molecule has 3 unspecified atom stereocenters. The molecule has 0 amide bonds. The van der Waals surface area contributed by atoms with E-state index in [1.807, 2.05) is 6.92 Å². The van der Waals surface area contributed by atoms with Gasteiger partial charge in [0.1, 0.15) is 11.7 Å². The van der Waals surface area contributed by atoms with Crippen LogP contribution in [0.3, 0.4) is 0 Å². The predicted octanol–water partition coefficient (Wildman–Crippen LogP) is 4.40. The Balaban J connectivity index is 1.64. The Morgan fingerprint density at radius 1 is 0.957 bits per heavy atom. The number of ether oxygens (including phenoxy) is 3. The van der Waals surface area contributed by atoms with Crippen molar-refractivity contribution in [2.75, 3.05) is 13.2 Å². The molecule has 132 valence electrons. The van der Waals surface area contributed by atoms with E-state index in [2.05, 4.69) is 27.7 Å². The zero-order valence-electron chi connectivity index (χ0n) is 15.6. The zero-order valence-corrected chi connectivity index (χ0v) is 15.6. The van der Waals surface area contributed by atoms with Gasteiger partial charge in [-0.25, -0.2) is 0 Å². The normalized spacial score (nSPS) is 51.3. The van der Waals surface area contributed by atoms with Gasteiger partial charge in [0.25, 0.3) is 0 Å². The van der Waals surface area contributed by atoms with Gasteiger partial charge in [-0.15, -0.1) is 0 Å². The Bertz CT molecular complexity index is 450. The fourth-order valence-electron chi connectivity index (χ4n) is 6.72. The summed E-state index contributed by atoms with van der Waals surface area (Å²) in [6.45, 7) is 13.0. The van der Waals surface area contributed by atoms with Crippen LogP contribution < -0.4 is 0 Å². The van der Waals surface area contributed by atoms with Crippen molar-refractivity contribution >= 4 is 0 Å². The molecule has 1 spiro atoms. The zero-order chi connectivity index (χ0) is 16.5. The highest BCUT2D eigenvalue weighted by molar-refractivity contribution is 5.20. The molecule has 0 aromatic rings. The van der Waals surface area contributed by atoms with E-state index in [1.54, 1.807) is 0 Å². The summed E-state index contributed by atoms with van der Waals surface area (Å²) in [5, 5.41) is 0. The monoisotopic (exact) mass is 322 g/mol. The lowest BCUT2D eigenvalue weighted by molar-refractivity contribution is -0.435. The van der Waals surface area contributed by atoms with Crippen LogP contribution in [0.1, 0.15) is 66.7 Å². The third-order valence-corrected chi connectivity index (χ3v) is 7.75. The van der Waals surface area contributed by atoms with Gasteiger partial charge in [0.05, 0.1) is 0 Å². The molecule has 4 saturated carbocycles. The average Bonchev–Trinajstić information content (AvgIpc) is 2.45. The quantitative estimate of drug-likeness (QED) is 0.768. The van der Waals surface area contributed by atoms with Crippen LogP contribution in [-0.2, 0) is 14.2 Å². The summed E-state index contributed by atoms with van der Waals surface area (Å²) in [5.41, 5.74) is 0.876. The van der Waals surface area contributed by atoms with Gasteiger partial charge < -0.3 is 14.2 Å². The second-order valence-corrected chi connectivity index (χ2v) is 9.55.